The molecule has 8 rings (SSSR count). The van der Waals surface area contributed by atoms with Crippen LogP contribution in [0.2, 0.25) is 0 Å². The third-order valence-electron chi connectivity index (χ3n) is 13.3. The van der Waals surface area contributed by atoms with Crippen molar-refractivity contribution in [2.24, 2.45) is 29.6 Å². The summed E-state index contributed by atoms with van der Waals surface area (Å²) in [6.45, 7) is 10.5. The smallest absolute Gasteiger partial charge is 0.407 e. The van der Waals surface area contributed by atoms with Crippen LogP contribution in [-0.2, 0) is 28.6 Å². The molecule has 282 valence electrons. The van der Waals surface area contributed by atoms with Gasteiger partial charge in [0.1, 0.15) is 17.6 Å². The molecule has 2 amide bonds. The van der Waals surface area contributed by atoms with E-state index < -0.39 is 47.9 Å². The van der Waals surface area contributed by atoms with E-state index in [9.17, 15) is 19.2 Å². The van der Waals surface area contributed by atoms with E-state index in [-0.39, 0.29) is 53.7 Å². The second-order valence-electron chi connectivity index (χ2n) is 17.4. The maximum Gasteiger partial charge on any atom is 0.407 e. The summed E-state index contributed by atoms with van der Waals surface area (Å²) in [7, 11) is 0. The van der Waals surface area contributed by atoms with Crippen molar-refractivity contribution in [2.75, 3.05) is 52.5 Å². The number of rotatable bonds is 6. The Morgan fingerprint density at radius 1 is 0.961 bits per heavy atom. The molecular weight excluding hydrogens is 657 g/mol. The highest BCUT2D eigenvalue weighted by Gasteiger charge is 2.63. The Morgan fingerprint density at radius 3 is 2.53 bits per heavy atom. The van der Waals surface area contributed by atoms with E-state index in [2.05, 4.69) is 25.3 Å². The summed E-state index contributed by atoms with van der Waals surface area (Å²) < 4.78 is 34.6. The van der Waals surface area contributed by atoms with Crippen molar-refractivity contribution in [1.29, 1.82) is 0 Å². The van der Waals surface area contributed by atoms with Crippen molar-refractivity contribution in [3.05, 3.63) is 11.8 Å². The fraction of sp³-hybridized carbons (Fsp3) is 0.842. The molecule has 51 heavy (non-hydrogen) atoms. The van der Waals surface area contributed by atoms with Gasteiger partial charge in [-0.1, -0.05) is 12.8 Å². The fourth-order valence-corrected chi connectivity index (χ4v) is 11.2. The van der Waals surface area contributed by atoms with E-state index in [1.54, 1.807) is 6.20 Å². The summed E-state index contributed by atoms with van der Waals surface area (Å²) in [5.41, 5.74) is -0.524. The van der Waals surface area contributed by atoms with Crippen molar-refractivity contribution < 1.29 is 37.8 Å². The van der Waals surface area contributed by atoms with Gasteiger partial charge in [0.2, 0.25) is 0 Å². The molecule has 0 aromatic carbocycles. The first kappa shape index (κ1) is 35.4. The van der Waals surface area contributed by atoms with Crippen molar-refractivity contribution in [3.63, 3.8) is 0 Å². The number of hydrogen-bond acceptors (Lipinski definition) is 10. The molecule has 0 aromatic rings. The van der Waals surface area contributed by atoms with Gasteiger partial charge in [0.05, 0.1) is 49.1 Å². The lowest BCUT2D eigenvalue weighted by atomic mass is 9.66. The number of nitrogens with zero attached hydrogens (tertiary/aromatic N) is 3. The molecular formula is C38H56FN5O7. The van der Waals surface area contributed by atoms with E-state index in [0.717, 1.165) is 45.2 Å². The normalized spacial score (nSPS) is 41.2. The van der Waals surface area contributed by atoms with Gasteiger partial charge >= 0.3 is 6.09 Å². The maximum atomic E-state index is 16.7. The lowest BCUT2D eigenvalue weighted by Crippen LogP contribution is -2.73. The van der Waals surface area contributed by atoms with Gasteiger partial charge in [0.25, 0.3) is 5.91 Å². The van der Waals surface area contributed by atoms with Gasteiger partial charge in [0.15, 0.2) is 5.78 Å². The summed E-state index contributed by atoms with van der Waals surface area (Å²) in [6.07, 6.45) is 5.33. The number of ether oxygens (including phenoxy) is 3. The molecule has 12 nitrogen and oxygen atoms in total. The number of likely N-dealkylation sites (tertiary alicyclic amines) is 1. The molecule has 0 bridgehead atoms. The zero-order chi connectivity index (χ0) is 35.6. The number of alkyl halides is 1. The van der Waals surface area contributed by atoms with Crippen LogP contribution in [0.3, 0.4) is 0 Å². The predicted molar refractivity (Wildman–Crippen MR) is 184 cm³/mol. The van der Waals surface area contributed by atoms with Crippen molar-refractivity contribution >= 4 is 23.6 Å². The number of ketones is 2. The zero-order valence-electron chi connectivity index (χ0n) is 30.4. The zero-order valence-corrected chi connectivity index (χ0v) is 30.4. The molecule has 11 unspecified atom stereocenters. The lowest BCUT2D eigenvalue weighted by Gasteiger charge is -2.61. The second-order valence-corrected chi connectivity index (χ2v) is 17.4. The fourth-order valence-electron chi connectivity index (χ4n) is 11.2. The maximum absolute atomic E-state index is 16.7. The monoisotopic (exact) mass is 713 g/mol. The van der Waals surface area contributed by atoms with Gasteiger partial charge in [-0.05, 0) is 71.1 Å². The average molecular weight is 714 g/mol. The molecule has 3 saturated heterocycles. The van der Waals surface area contributed by atoms with E-state index in [0.29, 0.717) is 63.9 Å². The number of hydrogen-bond donors (Lipinski definition) is 2. The summed E-state index contributed by atoms with van der Waals surface area (Å²) in [5.74, 6) is -0.317. The molecule has 4 saturated carbocycles. The topological polar surface area (TPSA) is 130 Å². The number of Topliss-reactive ketones (excluding diaryl/α,β-unsaturated/α-hetero) is 2. The van der Waals surface area contributed by atoms with Crippen LogP contribution in [0.5, 0.6) is 0 Å². The van der Waals surface area contributed by atoms with Crippen molar-refractivity contribution in [1.82, 2.24) is 25.3 Å². The van der Waals surface area contributed by atoms with Crippen molar-refractivity contribution in [2.45, 2.75) is 120 Å². The number of alkyl carbamates (subject to hydrolysis) is 1. The molecule has 13 heteroatoms. The summed E-state index contributed by atoms with van der Waals surface area (Å²) in [5, 5.41) is 5.95. The van der Waals surface area contributed by atoms with Crippen LogP contribution in [0.1, 0.15) is 72.1 Å². The molecule has 4 aliphatic carbocycles. The van der Waals surface area contributed by atoms with Gasteiger partial charge in [-0.3, -0.25) is 24.2 Å². The summed E-state index contributed by atoms with van der Waals surface area (Å²) in [6, 6.07) is -1.32. The molecule has 4 heterocycles. The van der Waals surface area contributed by atoms with Crippen LogP contribution in [0.4, 0.5) is 9.18 Å². The first-order chi connectivity index (χ1) is 24.5. The van der Waals surface area contributed by atoms with Gasteiger partial charge in [-0.25, -0.2) is 9.18 Å². The number of amides is 2. The van der Waals surface area contributed by atoms with Crippen molar-refractivity contribution in [3.8, 4) is 0 Å². The lowest BCUT2D eigenvalue weighted by molar-refractivity contribution is -0.217. The van der Waals surface area contributed by atoms with Crippen LogP contribution >= 0.6 is 0 Å². The Labute approximate surface area is 300 Å². The number of morpholine rings is 2. The van der Waals surface area contributed by atoms with Crippen LogP contribution in [0.15, 0.2) is 11.8 Å². The average Bonchev–Trinajstić information content (AvgIpc) is 3.66. The number of carbonyl (C=O) groups is 4. The highest BCUT2D eigenvalue weighted by molar-refractivity contribution is 6.20. The molecule has 4 aliphatic heterocycles. The highest BCUT2D eigenvalue weighted by Crippen LogP contribution is 2.56. The quantitative estimate of drug-likeness (QED) is 0.396. The molecule has 7 fully saturated rings. The third kappa shape index (κ3) is 6.74. The van der Waals surface area contributed by atoms with Gasteiger partial charge in [-0.2, -0.15) is 0 Å². The number of carbonyl (C=O) groups excluding carboxylic acids is 4. The minimum atomic E-state index is -1.37. The first-order valence-corrected chi connectivity index (χ1v) is 19.7. The molecule has 2 N–H and O–H groups in total. The first-order valence-electron chi connectivity index (χ1n) is 19.7. The van der Waals surface area contributed by atoms with Gasteiger partial charge in [-0.15, -0.1) is 0 Å². The largest absolute Gasteiger partial charge is 0.444 e. The molecule has 12 atom stereocenters. The second kappa shape index (κ2) is 14.0. The molecule has 0 aromatic heterocycles. The molecule has 8 aliphatic rings. The number of nitrogens with one attached hydrogen (secondary N) is 2. The molecule has 0 spiro atoms. The van der Waals surface area contributed by atoms with E-state index in [1.807, 2.05) is 20.8 Å². The Bertz CT molecular complexity index is 1410. The van der Waals surface area contributed by atoms with Crippen LogP contribution < -0.4 is 10.6 Å². The van der Waals surface area contributed by atoms with Gasteiger partial charge < -0.3 is 29.7 Å². The third-order valence-corrected chi connectivity index (χ3v) is 13.3. The summed E-state index contributed by atoms with van der Waals surface area (Å²) in [4.78, 5) is 60.8. The van der Waals surface area contributed by atoms with E-state index >= 15 is 4.39 Å². The number of fused-ring (bicyclic) bond motifs is 5. The predicted octanol–water partition coefficient (Wildman–Crippen LogP) is 2.45. The molecule has 0 radical (unpaired) electrons. The Hall–Kier alpha value is -2.61. The number of halogens is 1. The van der Waals surface area contributed by atoms with E-state index in [1.165, 1.54) is 0 Å². The highest BCUT2D eigenvalue weighted by atomic mass is 19.1. The standard InChI is InChI=1S/C38H56FN5O7/c1-38(2,3)51-37(48)41-21-8-10-43(19-21)32-28(39)16-26-31-35(32)50-30-18-25-24(22-6-4-5-7-23(22)33(25)45)17-29(30)44(31)20-27(34(26)46)36(47)40-9-11-42-12-14-49-15-13-42/h20-26,28-32,35H,4-19H2,1-3H3,(H,40,47)(H,41,48)/t21-,22?,23?,24?,25?,26?,28?,29?,30?,31?,32?,35?/m0/s1. The Morgan fingerprint density at radius 2 is 1.75 bits per heavy atom. The van der Waals surface area contributed by atoms with E-state index in [4.69, 9.17) is 14.2 Å². The minimum Gasteiger partial charge on any atom is -0.444 e. The Kier molecular flexibility index (Phi) is 9.71. The minimum absolute atomic E-state index is 0.0101. The van der Waals surface area contributed by atoms with Gasteiger partial charge in [0, 0.05) is 69.3 Å². The summed E-state index contributed by atoms with van der Waals surface area (Å²) >= 11 is 0. The Balaban J connectivity index is 1.06. The van der Waals surface area contributed by atoms with Crippen LogP contribution in [-0.4, -0.2) is 139 Å². The van der Waals surface area contributed by atoms with Crippen LogP contribution in [0, 0.1) is 29.6 Å². The van der Waals surface area contributed by atoms with Crippen LogP contribution in [0.25, 0.3) is 0 Å². The SMILES string of the molecule is CC(C)(C)OC(=O)N[C@H]1CCN(C2C(F)CC3C(=O)C(C(=O)NCCN4CCOCC4)=CN4C5CC6C(CC5OC2C34)C(=O)C2CCCCC26)C1.